The zero-order valence-corrected chi connectivity index (χ0v) is 17.3. The van der Waals surface area contributed by atoms with Crippen molar-refractivity contribution in [1.82, 2.24) is 4.90 Å². The largest absolute Gasteiger partial charge is 0.378 e. The Balaban J connectivity index is 1.70. The number of benzene rings is 2. The first-order valence-electron chi connectivity index (χ1n) is 9.52. The van der Waals surface area contributed by atoms with Crippen LogP contribution in [0.2, 0.25) is 0 Å². The first kappa shape index (κ1) is 19.6. The molecule has 3 rings (SSSR count). The van der Waals surface area contributed by atoms with Crippen molar-refractivity contribution in [3.05, 3.63) is 59.7 Å². The van der Waals surface area contributed by atoms with Gasteiger partial charge in [0.1, 0.15) is 0 Å². The average Bonchev–Trinajstić information content (AvgIpc) is 3.16. The summed E-state index contributed by atoms with van der Waals surface area (Å²) >= 11 is 5.74. The topological polar surface area (TPSA) is 27.7 Å². The highest BCUT2D eigenvalue weighted by Gasteiger charge is 2.21. The Morgan fingerprint density at radius 1 is 1.11 bits per heavy atom. The van der Waals surface area contributed by atoms with E-state index in [1.165, 1.54) is 16.8 Å². The molecule has 1 N–H and O–H groups in total. The van der Waals surface area contributed by atoms with Crippen LogP contribution in [0.15, 0.2) is 48.5 Å². The molecule has 0 spiro atoms. The van der Waals surface area contributed by atoms with Gasteiger partial charge in [-0.3, -0.25) is 0 Å². The van der Waals surface area contributed by atoms with E-state index in [0.29, 0.717) is 0 Å². The van der Waals surface area contributed by atoms with Gasteiger partial charge in [-0.2, -0.15) is 0 Å². The normalized spacial score (nSPS) is 16.2. The third-order valence-electron chi connectivity index (χ3n) is 4.86. The fourth-order valence-electron chi connectivity index (χ4n) is 3.21. The fraction of sp³-hybridized carbons (Fsp3) is 0.409. The lowest BCUT2D eigenvalue weighted by molar-refractivity contribution is 0.0905. The molecule has 0 unspecified atom stereocenters. The molecular weight excluding hydrogens is 354 g/mol. The van der Waals surface area contributed by atoms with E-state index < -0.39 is 0 Å². The Morgan fingerprint density at radius 3 is 2.41 bits per heavy atom. The van der Waals surface area contributed by atoms with Crippen molar-refractivity contribution < 1.29 is 4.74 Å². The van der Waals surface area contributed by atoms with E-state index in [9.17, 15) is 0 Å². The second-order valence-corrected chi connectivity index (χ2v) is 7.76. The summed E-state index contributed by atoms with van der Waals surface area (Å²) in [6, 6.07) is 17.0. The molecule has 5 heteroatoms. The summed E-state index contributed by atoms with van der Waals surface area (Å²) in [7, 11) is 4.11. The Hall–Kier alpha value is -2.11. The maximum atomic E-state index is 5.85. The van der Waals surface area contributed by atoms with Crippen LogP contribution in [-0.2, 0) is 11.3 Å². The molecule has 0 saturated carbocycles. The number of anilines is 2. The molecule has 1 aliphatic heterocycles. The van der Waals surface area contributed by atoms with Gasteiger partial charge in [-0.25, -0.2) is 0 Å². The van der Waals surface area contributed by atoms with E-state index in [0.717, 1.165) is 43.3 Å². The van der Waals surface area contributed by atoms with Crippen LogP contribution in [0.1, 0.15) is 24.0 Å². The molecule has 2 aromatic rings. The number of hydrogen-bond donors (Lipinski definition) is 1. The van der Waals surface area contributed by atoms with Crippen molar-refractivity contribution >= 4 is 28.7 Å². The third-order valence-corrected chi connectivity index (χ3v) is 5.22. The van der Waals surface area contributed by atoms with Crippen LogP contribution in [0.4, 0.5) is 11.4 Å². The van der Waals surface area contributed by atoms with Gasteiger partial charge >= 0.3 is 0 Å². The molecule has 1 saturated heterocycles. The maximum absolute atomic E-state index is 5.85. The Bertz CT molecular complexity index is 737. The van der Waals surface area contributed by atoms with Gasteiger partial charge < -0.3 is 19.9 Å². The fourth-order valence-corrected chi connectivity index (χ4v) is 3.47. The zero-order chi connectivity index (χ0) is 19.2. The van der Waals surface area contributed by atoms with Gasteiger partial charge in [-0.15, -0.1) is 0 Å². The van der Waals surface area contributed by atoms with Gasteiger partial charge in [0.25, 0.3) is 0 Å². The lowest BCUT2D eigenvalue weighted by Gasteiger charge is -2.28. The molecule has 0 aromatic heterocycles. The van der Waals surface area contributed by atoms with Crippen molar-refractivity contribution in [2.45, 2.75) is 32.4 Å². The quantitative estimate of drug-likeness (QED) is 0.745. The van der Waals surface area contributed by atoms with Crippen molar-refractivity contribution in [1.29, 1.82) is 0 Å². The minimum absolute atomic E-state index is 0.254. The number of nitrogens with one attached hydrogen (secondary N) is 1. The number of nitrogens with zero attached hydrogens (tertiary/aromatic N) is 2. The first-order chi connectivity index (χ1) is 13.0. The van der Waals surface area contributed by atoms with E-state index in [1.54, 1.807) is 0 Å². The van der Waals surface area contributed by atoms with Crippen molar-refractivity contribution in [2.24, 2.45) is 0 Å². The number of aryl methyl sites for hydroxylation is 1. The van der Waals surface area contributed by atoms with Crippen LogP contribution in [0.5, 0.6) is 0 Å². The Kier molecular flexibility index (Phi) is 6.69. The predicted molar refractivity (Wildman–Crippen MR) is 118 cm³/mol. The average molecular weight is 384 g/mol. The van der Waals surface area contributed by atoms with Gasteiger partial charge in [-0.1, -0.05) is 29.8 Å². The molecule has 1 atom stereocenters. The van der Waals surface area contributed by atoms with E-state index in [-0.39, 0.29) is 6.10 Å². The third kappa shape index (κ3) is 5.68. The molecule has 1 fully saturated rings. The van der Waals surface area contributed by atoms with E-state index >= 15 is 0 Å². The summed E-state index contributed by atoms with van der Waals surface area (Å²) in [6.45, 7) is 4.52. The molecule has 0 aliphatic carbocycles. The Morgan fingerprint density at radius 2 is 1.81 bits per heavy atom. The van der Waals surface area contributed by atoms with Crippen molar-refractivity contribution in [3.8, 4) is 0 Å². The van der Waals surface area contributed by atoms with Crippen molar-refractivity contribution in [2.75, 3.05) is 37.5 Å². The van der Waals surface area contributed by atoms with Gasteiger partial charge in [0.05, 0.1) is 6.10 Å². The Labute approximate surface area is 168 Å². The molecule has 0 amide bonds. The number of rotatable bonds is 6. The van der Waals surface area contributed by atoms with Crippen LogP contribution < -0.4 is 10.2 Å². The summed E-state index contributed by atoms with van der Waals surface area (Å²) < 4.78 is 5.85. The lowest BCUT2D eigenvalue weighted by Crippen LogP contribution is -2.39. The van der Waals surface area contributed by atoms with E-state index in [1.807, 2.05) is 0 Å². The number of hydrogen-bond acceptors (Lipinski definition) is 3. The van der Waals surface area contributed by atoms with E-state index in [4.69, 9.17) is 17.0 Å². The second kappa shape index (κ2) is 9.20. The van der Waals surface area contributed by atoms with Gasteiger partial charge in [-0.05, 0) is 61.8 Å². The summed E-state index contributed by atoms with van der Waals surface area (Å²) in [6.07, 6.45) is 2.49. The molecule has 4 nitrogen and oxygen atoms in total. The molecule has 27 heavy (non-hydrogen) atoms. The van der Waals surface area contributed by atoms with Crippen LogP contribution in [-0.4, -0.2) is 43.4 Å². The standard InChI is InChI=1S/C22H29N3OS/c1-17-6-10-19(11-7-17)23-22(27)25(16-21-5-4-14-26-21)15-18-8-12-20(13-9-18)24(2)3/h6-13,21H,4-5,14-16H2,1-3H3,(H,23,27)/t21-/m1/s1. The molecule has 1 heterocycles. The monoisotopic (exact) mass is 383 g/mol. The highest BCUT2D eigenvalue weighted by Crippen LogP contribution is 2.19. The molecule has 0 radical (unpaired) electrons. The van der Waals surface area contributed by atoms with Crippen LogP contribution in [0.3, 0.4) is 0 Å². The lowest BCUT2D eigenvalue weighted by atomic mass is 10.1. The molecule has 0 bridgehead atoms. The molecule has 2 aromatic carbocycles. The minimum Gasteiger partial charge on any atom is -0.378 e. The van der Waals surface area contributed by atoms with E-state index in [2.05, 4.69) is 84.7 Å². The van der Waals surface area contributed by atoms with Crippen LogP contribution >= 0.6 is 12.2 Å². The van der Waals surface area contributed by atoms with Crippen LogP contribution in [0, 0.1) is 6.92 Å². The molecule has 144 valence electrons. The van der Waals surface area contributed by atoms with Crippen molar-refractivity contribution in [3.63, 3.8) is 0 Å². The summed E-state index contributed by atoms with van der Waals surface area (Å²) in [4.78, 5) is 4.33. The maximum Gasteiger partial charge on any atom is 0.173 e. The highest BCUT2D eigenvalue weighted by atomic mass is 32.1. The highest BCUT2D eigenvalue weighted by molar-refractivity contribution is 7.80. The number of ether oxygens (including phenoxy) is 1. The SMILES string of the molecule is Cc1ccc(NC(=S)N(Cc2ccc(N(C)C)cc2)C[C@H]2CCCO2)cc1. The zero-order valence-electron chi connectivity index (χ0n) is 16.4. The molecular formula is C22H29N3OS. The minimum atomic E-state index is 0.254. The smallest absolute Gasteiger partial charge is 0.173 e. The van der Waals surface area contributed by atoms with Gasteiger partial charge in [0, 0.05) is 45.2 Å². The summed E-state index contributed by atoms with van der Waals surface area (Å²) in [5.41, 5.74) is 4.70. The molecule has 1 aliphatic rings. The first-order valence-corrected chi connectivity index (χ1v) is 9.92. The summed E-state index contributed by atoms with van der Waals surface area (Å²) in [5.74, 6) is 0. The van der Waals surface area contributed by atoms with Gasteiger partial charge in [0.2, 0.25) is 0 Å². The van der Waals surface area contributed by atoms with Gasteiger partial charge in [0.15, 0.2) is 5.11 Å². The number of thiocarbonyl (C=S) groups is 1. The second-order valence-electron chi connectivity index (χ2n) is 7.37. The van der Waals surface area contributed by atoms with Crippen LogP contribution in [0.25, 0.3) is 0 Å². The summed E-state index contributed by atoms with van der Waals surface area (Å²) in [5, 5.41) is 4.13. The predicted octanol–water partition coefficient (Wildman–Crippen LogP) is 4.44.